The van der Waals surface area contributed by atoms with Gasteiger partial charge in [0, 0.05) is 18.7 Å². The fraction of sp³-hybridized carbons (Fsp3) is 0.200. The van der Waals surface area contributed by atoms with Gasteiger partial charge in [-0.1, -0.05) is 66.7 Å². The number of nitrogens with zero attached hydrogens (tertiary/aromatic N) is 1. The maximum absolute atomic E-state index is 13.5. The van der Waals surface area contributed by atoms with Crippen molar-refractivity contribution in [3.05, 3.63) is 95.6 Å². The van der Waals surface area contributed by atoms with Crippen molar-refractivity contribution in [3.63, 3.8) is 0 Å². The molecule has 0 fully saturated rings. The highest BCUT2D eigenvalue weighted by Crippen LogP contribution is 2.28. The van der Waals surface area contributed by atoms with E-state index in [-0.39, 0.29) is 17.2 Å². The van der Waals surface area contributed by atoms with Crippen molar-refractivity contribution in [2.75, 3.05) is 11.4 Å². The Bertz CT molecular complexity index is 1280. The van der Waals surface area contributed by atoms with E-state index in [1.807, 2.05) is 59.3 Å². The number of nitrogens with one attached hydrogen (secondary N) is 2. The first-order valence-electron chi connectivity index (χ1n) is 10.7. The van der Waals surface area contributed by atoms with E-state index < -0.39 is 22.1 Å². The van der Waals surface area contributed by atoms with Gasteiger partial charge in [-0.15, -0.1) is 0 Å². The molecule has 170 valence electrons. The van der Waals surface area contributed by atoms with Crippen LogP contribution >= 0.6 is 0 Å². The van der Waals surface area contributed by atoms with Crippen LogP contribution in [0, 0.1) is 6.92 Å². The Morgan fingerprint density at radius 2 is 1.61 bits per heavy atom. The van der Waals surface area contributed by atoms with E-state index in [4.69, 9.17) is 0 Å². The van der Waals surface area contributed by atoms with Crippen molar-refractivity contribution in [3.8, 4) is 0 Å². The summed E-state index contributed by atoms with van der Waals surface area (Å²) in [6.45, 7) is 2.16. The molecule has 3 aromatic carbocycles. The van der Waals surface area contributed by atoms with Crippen LogP contribution in [0.5, 0.6) is 0 Å². The Labute approximate surface area is 193 Å². The minimum atomic E-state index is -4.09. The molecule has 3 aromatic rings. The first-order chi connectivity index (χ1) is 15.8. The third-order valence-corrected chi connectivity index (χ3v) is 7.14. The number of para-hydroxylation sites is 1. The summed E-state index contributed by atoms with van der Waals surface area (Å²) in [6, 6.07) is 21.4. The highest BCUT2D eigenvalue weighted by atomic mass is 32.2. The molecule has 0 saturated carbocycles. The lowest BCUT2D eigenvalue weighted by Gasteiger charge is -2.25. The Kier molecular flexibility index (Phi) is 6.46. The second kappa shape index (κ2) is 9.46. The van der Waals surface area contributed by atoms with Crippen molar-refractivity contribution in [2.45, 2.75) is 30.7 Å². The maximum Gasteiger partial charge on any atom is 0.329 e. The number of rotatable bonds is 6. The lowest BCUT2D eigenvalue weighted by Crippen LogP contribution is -2.53. The average molecular weight is 464 g/mol. The molecule has 2 N–H and O–H groups in total. The quantitative estimate of drug-likeness (QED) is 0.587. The molecule has 4 rings (SSSR count). The van der Waals surface area contributed by atoms with Crippen LogP contribution in [-0.2, 0) is 27.7 Å². The molecule has 3 amide bonds. The molecule has 0 aromatic heterocycles. The minimum Gasteiger partial charge on any atom is -0.325 e. The summed E-state index contributed by atoms with van der Waals surface area (Å²) >= 11 is 0. The summed E-state index contributed by atoms with van der Waals surface area (Å²) in [7, 11) is -4.09. The van der Waals surface area contributed by atoms with Gasteiger partial charge in [0.05, 0.1) is 4.90 Å². The van der Waals surface area contributed by atoms with Crippen LogP contribution in [0.2, 0.25) is 0 Å². The molecule has 7 nitrogen and oxygen atoms in total. The van der Waals surface area contributed by atoms with Crippen molar-refractivity contribution < 1.29 is 18.0 Å². The molecule has 1 aliphatic rings. The van der Waals surface area contributed by atoms with Gasteiger partial charge < -0.3 is 10.2 Å². The summed E-state index contributed by atoms with van der Waals surface area (Å²) in [5.41, 5.74) is 3.25. The molecular weight excluding hydrogens is 438 g/mol. The van der Waals surface area contributed by atoms with E-state index in [1.54, 1.807) is 30.0 Å². The molecule has 1 atom stereocenters. The number of carbonyl (C=O) groups excluding carboxylic acids is 2. The monoisotopic (exact) mass is 463 g/mol. The molecule has 33 heavy (non-hydrogen) atoms. The summed E-state index contributed by atoms with van der Waals surface area (Å²) in [5, 5.41) is 2.60. The second-order valence-electron chi connectivity index (χ2n) is 7.96. The maximum atomic E-state index is 13.5. The molecule has 0 aliphatic carbocycles. The molecule has 0 radical (unpaired) electrons. The number of carbonyl (C=O) groups is 2. The number of fused-ring (bicyclic) bond motifs is 1. The molecule has 0 spiro atoms. The van der Waals surface area contributed by atoms with Gasteiger partial charge in [-0.05, 0) is 42.2 Å². The number of amides is 3. The number of aryl methyl sites for hydroxylation is 1. The SMILES string of the molecule is Cc1ccccc1S(=O)(=O)NC(=O)N[C@@H](Cc1ccccc1)C(=O)N1CCc2ccccc21. The van der Waals surface area contributed by atoms with Crippen molar-refractivity contribution in [2.24, 2.45) is 0 Å². The standard InChI is InChI=1S/C25H25N3O4S/c1-18-9-5-8-14-23(18)33(31,32)27-25(30)26-21(17-19-10-3-2-4-11-19)24(29)28-16-15-20-12-6-7-13-22(20)28/h2-14,21H,15-17H2,1H3,(H2,26,27,30)/t21-/m0/s1. The largest absolute Gasteiger partial charge is 0.329 e. The Morgan fingerprint density at radius 1 is 0.939 bits per heavy atom. The minimum absolute atomic E-state index is 0.0135. The van der Waals surface area contributed by atoms with Crippen molar-refractivity contribution in [1.29, 1.82) is 0 Å². The first kappa shape index (κ1) is 22.5. The van der Waals surface area contributed by atoms with Crippen LogP contribution in [0.25, 0.3) is 0 Å². The van der Waals surface area contributed by atoms with Gasteiger partial charge in [-0.25, -0.2) is 17.9 Å². The fourth-order valence-electron chi connectivity index (χ4n) is 4.03. The molecule has 1 aliphatic heterocycles. The van der Waals surface area contributed by atoms with Gasteiger partial charge in [-0.3, -0.25) is 4.79 Å². The van der Waals surface area contributed by atoms with Gasteiger partial charge >= 0.3 is 6.03 Å². The van der Waals surface area contributed by atoms with Crippen molar-refractivity contribution in [1.82, 2.24) is 10.0 Å². The highest BCUT2D eigenvalue weighted by molar-refractivity contribution is 7.90. The fourth-order valence-corrected chi connectivity index (χ4v) is 5.19. The Hall–Kier alpha value is -3.65. The van der Waals surface area contributed by atoms with E-state index in [1.165, 1.54) is 6.07 Å². The Morgan fingerprint density at radius 3 is 2.36 bits per heavy atom. The first-order valence-corrected chi connectivity index (χ1v) is 12.2. The van der Waals surface area contributed by atoms with Crippen LogP contribution in [-0.4, -0.2) is 32.9 Å². The summed E-state index contributed by atoms with van der Waals surface area (Å²) < 4.78 is 27.5. The van der Waals surface area contributed by atoms with Crippen LogP contribution in [0.15, 0.2) is 83.8 Å². The van der Waals surface area contributed by atoms with Gasteiger partial charge in [-0.2, -0.15) is 0 Å². The van der Waals surface area contributed by atoms with Crippen LogP contribution < -0.4 is 14.9 Å². The van der Waals surface area contributed by atoms with Crippen LogP contribution in [0.4, 0.5) is 10.5 Å². The topological polar surface area (TPSA) is 95.6 Å². The van der Waals surface area contributed by atoms with E-state index in [9.17, 15) is 18.0 Å². The van der Waals surface area contributed by atoms with Crippen LogP contribution in [0.3, 0.4) is 0 Å². The number of hydrogen-bond acceptors (Lipinski definition) is 4. The lowest BCUT2D eigenvalue weighted by atomic mass is 10.0. The molecule has 1 heterocycles. The molecule has 8 heteroatoms. The van der Waals surface area contributed by atoms with E-state index in [2.05, 4.69) is 5.32 Å². The number of hydrogen-bond donors (Lipinski definition) is 2. The summed E-state index contributed by atoms with van der Waals surface area (Å²) in [4.78, 5) is 27.9. The lowest BCUT2D eigenvalue weighted by molar-refractivity contribution is -0.120. The van der Waals surface area contributed by atoms with E-state index >= 15 is 0 Å². The summed E-state index contributed by atoms with van der Waals surface area (Å²) in [6.07, 6.45) is 0.962. The molecule has 0 unspecified atom stereocenters. The second-order valence-corrected chi connectivity index (χ2v) is 9.61. The third kappa shape index (κ3) is 5.06. The predicted octanol–water partition coefficient (Wildman–Crippen LogP) is 3.18. The zero-order chi connectivity index (χ0) is 23.4. The average Bonchev–Trinajstić information content (AvgIpc) is 3.23. The number of sulfonamides is 1. The zero-order valence-corrected chi connectivity index (χ0v) is 19.0. The Balaban J connectivity index is 1.56. The normalized spacial score (nSPS) is 13.8. The van der Waals surface area contributed by atoms with Gasteiger partial charge in [0.1, 0.15) is 6.04 Å². The molecular formula is C25H25N3O4S. The number of benzene rings is 3. The van der Waals surface area contributed by atoms with Gasteiger partial charge in [0.15, 0.2) is 0 Å². The van der Waals surface area contributed by atoms with Crippen LogP contribution in [0.1, 0.15) is 16.7 Å². The van der Waals surface area contributed by atoms with Gasteiger partial charge in [0.2, 0.25) is 5.91 Å². The van der Waals surface area contributed by atoms with E-state index in [0.717, 1.165) is 23.2 Å². The number of anilines is 1. The number of urea groups is 1. The van der Waals surface area contributed by atoms with Crippen molar-refractivity contribution >= 4 is 27.6 Å². The molecule has 0 bridgehead atoms. The van der Waals surface area contributed by atoms with Gasteiger partial charge in [0.25, 0.3) is 10.0 Å². The smallest absolute Gasteiger partial charge is 0.325 e. The summed E-state index contributed by atoms with van der Waals surface area (Å²) in [5.74, 6) is -0.285. The van der Waals surface area contributed by atoms with E-state index in [0.29, 0.717) is 12.1 Å². The zero-order valence-electron chi connectivity index (χ0n) is 18.2. The predicted molar refractivity (Wildman–Crippen MR) is 126 cm³/mol. The highest BCUT2D eigenvalue weighted by Gasteiger charge is 2.32. The third-order valence-electron chi connectivity index (χ3n) is 5.65. The molecule has 0 saturated heterocycles.